The molecule has 42 heavy (non-hydrogen) atoms. The smallest absolute Gasteiger partial charge is 0.414 e. The van der Waals surface area contributed by atoms with Crippen molar-refractivity contribution in [3.8, 4) is 5.82 Å². The molecule has 1 unspecified atom stereocenters. The van der Waals surface area contributed by atoms with Crippen LogP contribution >= 0.6 is 0 Å². The number of nitrogens with one attached hydrogen (secondary N) is 2. The summed E-state index contributed by atoms with van der Waals surface area (Å²) in [6.07, 6.45) is 4.98. The summed E-state index contributed by atoms with van der Waals surface area (Å²) in [5.74, 6) is -1.17. The SMILES string of the molecule is CO[C@H]1CCC1NC(=O)c1cnc2c(N(C)C(=O)OC(C)(C)C)cc(Nc3cccn(-c4ncccc4F)c3=O)nn12. The summed E-state index contributed by atoms with van der Waals surface area (Å²) in [5.41, 5.74) is -0.757. The fourth-order valence-electron chi connectivity index (χ4n) is 4.45. The Morgan fingerprint density at radius 2 is 1.95 bits per heavy atom. The molecule has 4 aromatic rings. The Hall–Kier alpha value is -4.85. The number of hydrogen-bond donors (Lipinski definition) is 2. The van der Waals surface area contributed by atoms with Crippen LogP contribution in [0.15, 0.2) is 53.7 Å². The standard InChI is InChI=1S/C28H31FN8O5/c1-28(2,3)42-27(40)35(4)19-14-22(32-18-9-7-13-36(26(18)39)23-16(29)8-6-12-30-23)34-37-20(15-31-24(19)37)25(38)33-17-10-11-21(17)41-5/h6-9,12-15,17,21H,10-11H2,1-5H3,(H,32,34)(H,33,38)/t17?,21-/m0/s1. The molecule has 14 heteroatoms. The number of aromatic nitrogens is 5. The van der Waals surface area contributed by atoms with Crippen molar-refractivity contribution in [2.24, 2.45) is 0 Å². The topological polar surface area (TPSA) is 145 Å². The van der Waals surface area contributed by atoms with Gasteiger partial charge in [-0.05, 0) is 57.9 Å². The van der Waals surface area contributed by atoms with Gasteiger partial charge in [-0.25, -0.2) is 23.7 Å². The summed E-state index contributed by atoms with van der Waals surface area (Å²) >= 11 is 0. The van der Waals surface area contributed by atoms with Gasteiger partial charge in [0.2, 0.25) is 0 Å². The summed E-state index contributed by atoms with van der Waals surface area (Å²) in [7, 11) is 3.09. The summed E-state index contributed by atoms with van der Waals surface area (Å²) in [5, 5.41) is 10.4. The number of rotatable bonds is 7. The minimum atomic E-state index is -0.771. The first-order chi connectivity index (χ1) is 20.0. The van der Waals surface area contributed by atoms with Crippen LogP contribution in [0.3, 0.4) is 0 Å². The van der Waals surface area contributed by atoms with Crippen LogP contribution in [0.25, 0.3) is 11.5 Å². The van der Waals surface area contributed by atoms with Crippen molar-refractivity contribution in [3.63, 3.8) is 0 Å². The maximum Gasteiger partial charge on any atom is 0.414 e. The highest BCUT2D eigenvalue weighted by Gasteiger charge is 2.33. The first-order valence-corrected chi connectivity index (χ1v) is 13.3. The molecule has 1 aliphatic rings. The van der Waals surface area contributed by atoms with Crippen molar-refractivity contribution in [1.82, 2.24) is 29.5 Å². The highest BCUT2D eigenvalue weighted by Crippen LogP contribution is 2.27. The van der Waals surface area contributed by atoms with Gasteiger partial charge in [0.05, 0.1) is 24.0 Å². The van der Waals surface area contributed by atoms with E-state index in [-0.39, 0.29) is 46.5 Å². The number of carbonyl (C=O) groups is 2. The predicted molar refractivity (Wildman–Crippen MR) is 152 cm³/mol. The molecule has 0 aromatic carbocycles. The summed E-state index contributed by atoms with van der Waals surface area (Å²) < 4.78 is 27.7. The van der Waals surface area contributed by atoms with Crippen molar-refractivity contribution < 1.29 is 23.5 Å². The van der Waals surface area contributed by atoms with E-state index in [0.717, 1.165) is 17.4 Å². The Labute approximate surface area is 240 Å². The third-order valence-electron chi connectivity index (χ3n) is 6.72. The Morgan fingerprint density at radius 3 is 2.62 bits per heavy atom. The van der Waals surface area contributed by atoms with E-state index in [2.05, 4.69) is 25.7 Å². The van der Waals surface area contributed by atoms with Gasteiger partial charge in [0.25, 0.3) is 11.5 Å². The molecule has 4 aromatic heterocycles. The summed E-state index contributed by atoms with van der Waals surface area (Å²) in [6.45, 7) is 5.22. The first-order valence-electron chi connectivity index (χ1n) is 13.3. The second-order valence-corrected chi connectivity index (χ2v) is 10.8. The van der Waals surface area contributed by atoms with Gasteiger partial charge in [0, 0.05) is 32.6 Å². The number of amides is 2. The van der Waals surface area contributed by atoms with Gasteiger partial charge in [-0.1, -0.05) is 0 Å². The summed E-state index contributed by atoms with van der Waals surface area (Å²) in [4.78, 5) is 49.1. The first kappa shape index (κ1) is 28.7. The average Bonchev–Trinajstić information content (AvgIpc) is 3.35. The molecule has 0 spiro atoms. The van der Waals surface area contributed by atoms with Gasteiger partial charge in [0.1, 0.15) is 11.3 Å². The van der Waals surface area contributed by atoms with Crippen molar-refractivity contribution in [2.75, 3.05) is 24.4 Å². The van der Waals surface area contributed by atoms with E-state index < -0.39 is 29.0 Å². The quantitative estimate of drug-likeness (QED) is 0.337. The van der Waals surface area contributed by atoms with E-state index in [1.807, 2.05) is 0 Å². The van der Waals surface area contributed by atoms with Gasteiger partial charge in [-0.3, -0.25) is 19.1 Å². The lowest BCUT2D eigenvalue weighted by atomic mass is 9.89. The van der Waals surface area contributed by atoms with E-state index >= 15 is 0 Å². The maximum atomic E-state index is 14.4. The van der Waals surface area contributed by atoms with Gasteiger partial charge < -0.3 is 20.1 Å². The van der Waals surface area contributed by atoms with E-state index in [9.17, 15) is 18.8 Å². The number of halogens is 1. The van der Waals surface area contributed by atoms with Crippen LogP contribution in [-0.2, 0) is 9.47 Å². The second-order valence-electron chi connectivity index (χ2n) is 10.8. The molecule has 0 radical (unpaired) electrons. The minimum Gasteiger partial charge on any atom is -0.443 e. The molecule has 0 saturated heterocycles. The lowest BCUT2D eigenvalue weighted by Crippen LogP contribution is -2.51. The number of carbonyl (C=O) groups excluding carboxylic acids is 2. The molecule has 13 nitrogen and oxygen atoms in total. The van der Waals surface area contributed by atoms with Crippen molar-refractivity contribution in [1.29, 1.82) is 0 Å². The molecule has 2 N–H and O–H groups in total. The predicted octanol–water partition coefficient (Wildman–Crippen LogP) is 3.44. The Bertz CT molecular complexity index is 1710. The van der Waals surface area contributed by atoms with Crippen LogP contribution in [0.2, 0.25) is 0 Å². The number of imidazole rings is 1. The zero-order valence-electron chi connectivity index (χ0n) is 23.8. The maximum absolute atomic E-state index is 14.4. The molecular formula is C28H31FN8O5. The van der Waals surface area contributed by atoms with Gasteiger partial charge >= 0.3 is 6.09 Å². The normalized spacial score (nSPS) is 16.5. The monoisotopic (exact) mass is 578 g/mol. The van der Waals surface area contributed by atoms with E-state index in [1.165, 1.54) is 59.3 Å². The van der Waals surface area contributed by atoms with Crippen molar-refractivity contribution in [3.05, 3.63) is 70.8 Å². The van der Waals surface area contributed by atoms with E-state index in [1.54, 1.807) is 33.9 Å². The molecule has 0 aliphatic heterocycles. The van der Waals surface area contributed by atoms with Gasteiger partial charge in [-0.2, -0.15) is 0 Å². The fourth-order valence-corrected chi connectivity index (χ4v) is 4.45. The molecule has 2 atom stereocenters. The Morgan fingerprint density at radius 1 is 1.17 bits per heavy atom. The highest BCUT2D eigenvalue weighted by molar-refractivity contribution is 5.96. The average molecular weight is 579 g/mol. The number of pyridine rings is 2. The van der Waals surface area contributed by atoms with Crippen molar-refractivity contribution >= 4 is 34.8 Å². The number of fused-ring (bicyclic) bond motifs is 1. The van der Waals surface area contributed by atoms with E-state index in [4.69, 9.17) is 9.47 Å². The summed E-state index contributed by atoms with van der Waals surface area (Å²) in [6, 6.07) is 7.00. The number of anilines is 3. The molecule has 0 bridgehead atoms. The third kappa shape index (κ3) is 5.65. The van der Waals surface area contributed by atoms with Crippen LogP contribution in [0, 0.1) is 5.82 Å². The zero-order valence-corrected chi connectivity index (χ0v) is 23.8. The van der Waals surface area contributed by atoms with Gasteiger partial charge in [-0.15, -0.1) is 5.10 Å². The Balaban J connectivity index is 1.57. The molecule has 1 aliphatic carbocycles. The third-order valence-corrected chi connectivity index (χ3v) is 6.72. The van der Waals surface area contributed by atoms with Crippen LogP contribution < -0.4 is 21.1 Å². The minimum absolute atomic E-state index is 0.0452. The number of nitrogens with zero attached hydrogens (tertiary/aromatic N) is 6. The lowest BCUT2D eigenvalue weighted by molar-refractivity contribution is 0.00718. The zero-order chi connectivity index (χ0) is 30.2. The molecule has 1 fully saturated rings. The second kappa shape index (κ2) is 11.2. The molecular weight excluding hydrogens is 547 g/mol. The van der Waals surface area contributed by atoms with E-state index in [0.29, 0.717) is 0 Å². The van der Waals surface area contributed by atoms with Crippen LogP contribution in [-0.4, -0.2) is 68.1 Å². The number of ether oxygens (including phenoxy) is 2. The van der Waals surface area contributed by atoms with Crippen LogP contribution in [0.5, 0.6) is 0 Å². The lowest BCUT2D eigenvalue weighted by Gasteiger charge is -2.35. The molecule has 220 valence electrons. The van der Waals surface area contributed by atoms with Gasteiger partial charge in [0.15, 0.2) is 28.8 Å². The molecule has 5 rings (SSSR count). The Kier molecular flexibility index (Phi) is 7.65. The molecule has 1 saturated carbocycles. The number of hydrogen-bond acceptors (Lipinski definition) is 9. The fraction of sp³-hybridized carbons (Fsp3) is 0.357. The number of methoxy groups -OCH3 is 1. The van der Waals surface area contributed by atoms with Crippen LogP contribution in [0.4, 0.5) is 26.4 Å². The van der Waals surface area contributed by atoms with Crippen LogP contribution in [0.1, 0.15) is 44.1 Å². The largest absolute Gasteiger partial charge is 0.443 e. The molecule has 2 amide bonds. The highest BCUT2D eigenvalue weighted by atomic mass is 19.1. The molecule has 4 heterocycles. The van der Waals surface area contributed by atoms with Crippen molar-refractivity contribution in [2.45, 2.75) is 51.4 Å².